The van der Waals surface area contributed by atoms with E-state index in [0.29, 0.717) is 12.1 Å². The number of aromatic carboxylic acids is 1. The number of carboxylic acids is 1. The van der Waals surface area contributed by atoms with Gasteiger partial charge in [0.2, 0.25) is 0 Å². The largest absolute Gasteiger partial charge is 0.478 e. The molecule has 1 unspecified atom stereocenters. The topological polar surface area (TPSA) is 74.6 Å². The fraction of sp³-hybridized carbons (Fsp3) is 0.176. The van der Waals surface area contributed by atoms with E-state index in [0.717, 1.165) is 18.2 Å². The Balaban J connectivity index is 2.49. The molecule has 0 aromatic heterocycles. The molecule has 0 fully saturated rings. The fourth-order valence-corrected chi connectivity index (χ4v) is 3.11. The average Bonchev–Trinajstić information content (AvgIpc) is 2.57. The molecule has 0 bridgehead atoms. The predicted octanol–water partition coefficient (Wildman–Crippen LogP) is 5.51. The second kappa shape index (κ2) is 7.87. The SMILES string of the molecule is O=C(CC(O)(c1cc(Cl)c(F)c(Cl)c1)C(F)(F)F)c1ccc(C(=O)O)c(Cl)c1. The van der Waals surface area contributed by atoms with Gasteiger partial charge in [0.15, 0.2) is 17.2 Å². The Morgan fingerprint density at radius 2 is 1.50 bits per heavy atom. The summed E-state index contributed by atoms with van der Waals surface area (Å²) >= 11 is 16.7. The third kappa shape index (κ3) is 4.25. The van der Waals surface area contributed by atoms with E-state index in [1.165, 1.54) is 0 Å². The van der Waals surface area contributed by atoms with Crippen LogP contribution in [0.15, 0.2) is 30.3 Å². The van der Waals surface area contributed by atoms with Crippen molar-refractivity contribution in [3.8, 4) is 0 Å². The van der Waals surface area contributed by atoms with Crippen LogP contribution in [0.1, 0.15) is 32.7 Å². The van der Waals surface area contributed by atoms with Crippen molar-refractivity contribution in [2.45, 2.75) is 18.2 Å². The van der Waals surface area contributed by atoms with Crippen molar-refractivity contribution in [2.24, 2.45) is 0 Å². The van der Waals surface area contributed by atoms with E-state index in [-0.39, 0.29) is 16.1 Å². The highest BCUT2D eigenvalue weighted by Gasteiger charge is 2.56. The van der Waals surface area contributed by atoms with Crippen molar-refractivity contribution in [1.29, 1.82) is 0 Å². The molecule has 2 aromatic carbocycles. The van der Waals surface area contributed by atoms with Gasteiger partial charge in [0.25, 0.3) is 0 Å². The van der Waals surface area contributed by atoms with Crippen LogP contribution in [0.25, 0.3) is 0 Å². The number of benzene rings is 2. The minimum Gasteiger partial charge on any atom is -0.478 e. The van der Waals surface area contributed by atoms with Gasteiger partial charge in [-0.25, -0.2) is 9.18 Å². The maximum atomic E-state index is 13.6. The molecule has 2 rings (SSSR count). The van der Waals surface area contributed by atoms with Crippen LogP contribution in [0.3, 0.4) is 0 Å². The van der Waals surface area contributed by atoms with Gasteiger partial charge in [0.1, 0.15) is 0 Å². The molecule has 0 aliphatic rings. The van der Waals surface area contributed by atoms with E-state index in [1.54, 1.807) is 0 Å². The Hall–Kier alpha value is -1.87. The third-order valence-electron chi connectivity index (χ3n) is 3.87. The number of carbonyl (C=O) groups is 2. The number of ketones is 1. The lowest BCUT2D eigenvalue weighted by atomic mass is 9.86. The van der Waals surface area contributed by atoms with Gasteiger partial charge in [-0.3, -0.25) is 4.79 Å². The molecule has 0 spiro atoms. The Morgan fingerprint density at radius 3 is 1.93 bits per heavy atom. The smallest absolute Gasteiger partial charge is 0.421 e. The second-order valence-corrected chi connectivity index (χ2v) is 6.93. The first-order valence-corrected chi connectivity index (χ1v) is 8.41. The van der Waals surface area contributed by atoms with Crippen LogP contribution >= 0.6 is 34.8 Å². The summed E-state index contributed by atoms with van der Waals surface area (Å²) in [6, 6.07) is 3.80. The van der Waals surface area contributed by atoms with Gasteiger partial charge in [-0.2, -0.15) is 13.2 Å². The van der Waals surface area contributed by atoms with Crippen LogP contribution in [0.5, 0.6) is 0 Å². The molecule has 1 atom stereocenters. The van der Waals surface area contributed by atoms with Crippen LogP contribution in [0.2, 0.25) is 15.1 Å². The van der Waals surface area contributed by atoms with E-state index in [4.69, 9.17) is 39.9 Å². The second-order valence-electron chi connectivity index (χ2n) is 5.71. The molecule has 28 heavy (non-hydrogen) atoms. The lowest BCUT2D eigenvalue weighted by Crippen LogP contribution is -2.44. The van der Waals surface area contributed by atoms with Gasteiger partial charge in [-0.05, 0) is 29.8 Å². The van der Waals surface area contributed by atoms with Gasteiger partial charge in [-0.15, -0.1) is 0 Å². The number of hydrogen-bond acceptors (Lipinski definition) is 3. The molecule has 150 valence electrons. The summed E-state index contributed by atoms with van der Waals surface area (Å²) in [4.78, 5) is 23.3. The van der Waals surface area contributed by atoms with E-state index in [9.17, 15) is 32.3 Å². The Morgan fingerprint density at radius 1 is 0.964 bits per heavy atom. The molecular weight excluding hydrogens is 451 g/mol. The van der Waals surface area contributed by atoms with Crippen molar-refractivity contribution < 1.29 is 37.4 Å². The number of Topliss-reactive ketones (excluding diaryl/α,β-unsaturated/α-hetero) is 1. The Kier molecular flexibility index (Phi) is 6.30. The zero-order valence-corrected chi connectivity index (χ0v) is 15.7. The summed E-state index contributed by atoms with van der Waals surface area (Å²) in [5.41, 5.74) is -5.39. The Bertz CT molecular complexity index is 939. The number of rotatable bonds is 5. The minimum absolute atomic E-state index is 0.360. The minimum atomic E-state index is -5.35. The van der Waals surface area contributed by atoms with Gasteiger partial charge in [0, 0.05) is 5.56 Å². The van der Waals surface area contributed by atoms with Crippen molar-refractivity contribution in [3.63, 3.8) is 0 Å². The maximum absolute atomic E-state index is 13.6. The number of aliphatic hydroxyl groups is 1. The summed E-state index contributed by atoms with van der Waals surface area (Å²) < 4.78 is 54.3. The van der Waals surface area contributed by atoms with Crippen molar-refractivity contribution in [3.05, 3.63) is 67.9 Å². The van der Waals surface area contributed by atoms with Crippen molar-refractivity contribution >= 4 is 46.6 Å². The molecule has 2 aromatic rings. The molecule has 0 radical (unpaired) electrons. The first-order chi connectivity index (χ1) is 12.8. The maximum Gasteiger partial charge on any atom is 0.421 e. The quantitative estimate of drug-likeness (QED) is 0.351. The van der Waals surface area contributed by atoms with Gasteiger partial charge in [0.05, 0.1) is 27.1 Å². The number of carbonyl (C=O) groups excluding carboxylic acids is 1. The van der Waals surface area contributed by atoms with E-state index >= 15 is 0 Å². The lowest BCUT2D eigenvalue weighted by molar-refractivity contribution is -0.264. The molecule has 0 saturated heterocycles. The van der Waals surface area contributed by atoms with Gasteiger partial charge >= 0.3 is 12.1 Å². The molecule has 0 aliphatic carbocycles. The molecule has 2 N–H and O–H groups in total. The highest BCUT2D eigenvalue weighted by Crippen LogP contribution is 2.44. The van der Waals surface area contributed by atoms with Crippen LogP contribution in [-0.4, -0.2) is 28.1 Å². The van der Waals surface area contributed by atoms with Crippen molar-refractivity contribution in [1.82, 2.24) is 0 Å². The summed E-state index contributed by atoms with van der Waals surface area (Å²) in [6.45, 7) is 0. The molecule has 0 saturated carbocycles. The van der Waals surface area contributed by atoms with Crippen molar-refractivity contribution in [2.75, 3.05) is 0 Å². The summed E-state index contributed by atoms with van der Waals surface area (Å²) in [6.07, 6.45) is -6.85. The number of hydrogen-bond donors (Lipinski definition) is 2. The molecule has 0 amide bonds. The lowest BCUT2D eigenvalue weighted by Gasteiger charge is -2.31. The van der Waals surface area contributed by atoms with Gasteiger partial charge in [-0.1, -0.05) is 40.9 Å². The van der Waals surface area contributed by atoms with Crippen LogP contribution in [-0.2, 0) is 5.60 Å². The molecule has 11 heteroatoms. The van der Waals surface area contributed by atoms with Crippen LogP contribution in [0, 0.1) is 5.82 Å². The first kappa shape index (κ1) is 22.4. The van der Waals surface area contributed by atoms with E-state index < -0.39 is 51.4 Å². The number of carboxylic acid groups (broad SMARTS) is 1. The first-order valence-electron chi connectivity index (χ1n) is 7.28. The summed E-state index contributed by atoms with van der Waals surface area (Å²) in [5, 5.41) is 17.3. The zero-order chi connectivity index (χ0) is 21.4. The normalized spacial score (nSPS) is 13.9. The summed E-state index contributed by atoms with van der Waals surface area (Å²) in [5.74, 6) is -3.78. The summed E-state index contributed by atoms with van der Waals surface area (Å²) in [7, 11) is 0. The standard InChI is InChI=1S/C17H9Cl3F4O4/c18-10-3-7(1-2-9(10)15(26)27)13(25)6-16(28,17(22,23)24)8-4-11(19)14(21)12(20)5-8/h1-5,28H,6H2,(H,26,27). The molecule has 0 aliphatic heterocycles. The van der Waals surface area contributed by atoms with Gasteiger partial charge < -0.3 is 10.2 Å². The monoisotopic (exact) mass is 458 g/mol. The highest BCUT2D eigenvalue weighted by molar-refractivity contribution is 6.35. The van der Waals surface area contributed by atoms with E-state index in [1.807, 2.05) is 0 Å². The zero-order valence-electron chi connectivity index (χ0n) is 13.5. The highest BCUT2D eigenvalue weighted by atomic mass is 35.5. The van der Waals surface area contributed by atoms with Crippen LogP contribution < -0.4 is 0 Å². The molecular formula is C17H9Cl3F4O4. The fourth-order valence-electron chi connectivity index (χ4n) is 2.36. The van der Waals surface area contributed by atoms with E-state index in [2.05, 4.69) is 0 Å². The predicted molar refractivity (Wildman–Crippen MR) is 93.7 cm³/mol. The molecule has 0 heterocycles. The number of alkyl halides is 3. The third-order valence-corrected chi connectivity index (χ3v) is 4.73. The molecule has 4 nitrogen and oxygen atoms in total. The number of halogens is 7. The average molecular weight is 460 g/mol. The Labute approximate surface area is 170 Å². The van der Waals surface area contributed by atoms with Crippen LogP contribution in [0.4, 0.5) is 17.6 Å².